The van der Waals surface area contributed by atoms with Crippen molar-refractivity contribution >= 4 is 23.5 Å². The Balaban J connectivity index is 1.35. The molecule has 12 heteroatoms. The van der Waals surface area contributed by atoms with Crippen molar-refractivity contribution in [1.82, 2.24) is 24.4 Å². The van der Waals surface area contributed by atoms with Gasteiger partial charge < -0.3 is 29.0 Å². The lowest BCUT2D eigenvalue weighted by Gasteiger charge is -2.37. The third-order valence-electron chi connectivity index (χ3n) is 7.98. The number of methoxy groups -OCH3 is 2. The number of nitrogens with zero attached hydrogens (tertiary/aromatic N) is 5. The predicted octanol–water partition coefficient (Wildman–Crippen LogP) is 4.02. The SMILES string of the molecule is COc1ccc(C(OC[C@H]2O[C@@H](n3cnc4c(=O)[nH]c(N=CN(C)C)nc43)CC2O)(c2ccccc2)c2ccc(OC)cc2)cc1. The van der Waals surface area contributed by atoms with Gasteiger partial charge in [0.25, 0.3) is 5.56 Å². The Morgan fingerprint density at radius 1 is 1.00 bits per heavy atom. The van der Waals surface area contributed by atoms with E-state index in [1.807, 2.05) is 93.0 Å². The van der Waals surface area contributed by atoms with Crippen LogP contribution in [0, 0.1) is 0 Å². The number of rotatable bonds is 11. The summed E-state index contributed by atoms with van der Waals surface area (Å²) in [5.74, 6) is 1.57. The van der Waals surface area contributed by atoms with Gasteiger partial charge in [-0.2, -0.15) is 4.98 Å². The lowest BCUT2D eigenvalue weighted by molar-refractivity contribution is -0.0931. The van der Waals surface area contributed by atoms with Crippen molar-refractivity contribution in [3.05, 3.63) is 112 Å². The highest BCUT2D eigenvalue weighted by atomic mass is 16.6. The molecule has 46 heavy (non-hydrogen) atoms. The molecule has 1 aliphatic rings. The van der Waals surface area contributed by atoms with Gasteiger partial charge in [-0.3, -0.25) is 14.3 Å². The van der Waals surface area contributed by atoms with E-state index in [1.54, 1.807) is 30.0 Å². The molecule has 3 aromatic carbocycles. The molecule has 0 bridgehead atoms. The molecule has 0 amide bonds. The van der Waals surface area contributed by atoms with E-state index < -0.39 is 29.6 Å². The monoisotopic (exact) mass is 624 g/mol. The van der Waals surface area contributed by atoms with Crippen LogP contribution in [0.3, 0.4) is 0 Å². The maximum absolute atomic E-state index is 12.7. The molecule has 1 aliphatic heterocycles. The standard InChI is InChI=1S/C34H36N6O6/c1-39(2)20-36-33-37-31-30(32(42)38-33)35-21-40(31)29-18-27(41)28(46-29)19-45-34(22-8-6-5-7-9-22,23-10-14-25(43-3)15-11-23)24-12-16-26(44-4)17-13-24/h5-17,20-21,27-29,41H,18-19H2,1-4H3,(H,37,38,42)/t27?,28-,29-/m1/s1. The maximum Gasteiger partial charge on any atom is 0.280 e. The molecule has 1 saturated heterocycles. The van der Waals surface area contributed by atoms with Crippen LogP contribution in [-0.2, 0) is 15.1 Å². The van der Waals surface area contributed by atoms with Gasteiger partial charge in [0.05, 0.1) is 39.6 Å². The number of aliphatic hydroxyl groups excluding tert-OH is 1. The molecule has 2 N–H and O–H groups in total. The summed E-state index contributed by atoms with van der Waals surface area (Å²) in [6.45, 7) is 0.0453. The van der Waals surface area contributed by atoms with Gasteiger partial charge in [0.2, 0.25) is 5.95 Å². The minimum absolute atomic E-state index is 0.0453. The second-order valence-corrected chi connectivity index (χ2v) is 11.2. The van der Waals surface area contributed by atoms with Crippen molar-refractivity contribution in [3.63, 3.8) is 0 Å². The van der Waals surface area contributed by atoms with E-state index in [1.165, 1.54) is 6.33 Å². The van der Waals surface area contributed by atoms with Crippen molar-refractivity contribution in [2.75, 3.05) is 34.9 Å². The Morgan fingerprint density at radius 3 is 2.20 bits per heavy atom. The summed E-state index contributed by atoms with van der Waals surface area (Å²) in [5, 5.41) is 11.2. The van der Waals surface area contributed by atoms with Crippen LogP contribution < -0.4 is 15.0 Å². The normalized spacial score (nSPS) is 18.3. The van der Waals surface area contributed by atoms with E-state index in [4.69, 9.17) is 18.9 Å². The fraction of sp³-hybridized carbons (Fsp3) is 0.294. The topological polar surface area (TPSA) is 136 Å². The van der Waals surface area contributed by atoms with E-state index in [-0.39, 0.29) is 24.5 Å². The average Bonchev–Trinajstić information content (AvgIpc) is 3.68. The number of nitrogens with one attached hydrogen (secondary N) is 1. The first-order valence-electron chi connectivity index (χ1n) is 14.8. The van der Waals surface area contributed by atoms with Crippen LogP contribution in [0.25, 0.3) is 11.2 Å². The van der Waals surface area contributed by atoms with Crippen LogP contribution in [0.2, 0.25) is 0 Å². The smallest absolute Gasteiger partial charge is 0.280 e. The first kappa shape index (κ1) is 31.0. The summed E-state index contributed by atoms with van der Waals surface area (Å²) in [6.07, 6.45) is 1.08. The van der Waals surface area contributed by atoms with Gasteiger partial charge in [0, 0.05) is 20.5 Å². The number of fused-ring (bicyclic) bond motifs is 1. The lowest BCUT2D eigenvalue weighted by atomic mass is 9.80. The average molecular weight is 625 g/mol. The Hall–Kier alpha value is -5.04. The highest BCUT2D eigenvalue weighted by molar-refractivity contribution is 5.71. The van der Waals surface area contributed by atoms with Crippen molar-refractivity contribution < 1.29 is 24.1 Å². The zero-order valence-corrected chi connectivity index (χ0v) is 26.0. The van der Waals surface area contributed by atoms with Gasteiger partial charge in [-0.25, -0.2) is 9.98 Å². The minimum atomic E-state index is -1.07. The molecule has 0 radical (unpaired) electrons. The molecule has 2 aromatic heterocycles. The first-order valence-corrected chi connectivity index (χ1v) is 14.8. The molecule has 0 saturated carbocycles. The number of imidazole rings is 1. The molecular formula is C34H36N6O6. The summed E-state index contributed by atoms with van der Waals surface area (Å²) >= 11 is 0. The van der Waals surface area contributed by atoms with E-state index in [9.17, 15) is 9.90 Å². The zero-order chi connectivity index (χ0) is 32.3. The van der Waals surface area contributed by atoms with Crippen LogP contribution in [0.5, 0.6) is 11.5 Å². The summed E-state index contributed by atoms with van der Waals surface area (Å²) in [4.78, 5) is 30.1. The molecule has 6 rings (SSSR count). The van der Waals surface area contributed by atoms with Crippen molar-refractivity contribution in [2.24, 2.45) is 4.99 Å². The molecule has 1 fully saturated rings. The third kappa shape index (κ3) is 5.97. The number of aromatic amines is 1. The van der Waals surface area contributed by atoms with Gasteiger partial charge >= 0.3 is 0 Å². The van der Waals surface area contributed by atoms with E-state index >= 15 is 0 Å². The molecule has 238 valence electrons. The lowest BCUT2D eigenvalue weighted by Crippen LogP contribution is -2.38. The second-order valence-electron chi connectivity index (χ2n) is 11.2. The van der Waals surface area contributed by atoms with Crippen molar-refractivity contribution in [2.45, 2.75) is 30.5 Å². The molecule has 1 unspecified atom stereocenters. The second kappa shape index (κ2) is 13.1. The summed E-state index contributed by atoms with van der Waals surface area (Å²) < 4.78 is 25.9. The summed E-state index contributed by atoms with van der Waals surface area (Å²) in [7, 11) is 6.88. The fourth-order valence-electron chi connectivity index (χ4n) is 5.67. The zero-order valence-electron chi connectivity index (χ0n) is 26.0. The van der Waals surface area contributed by atoms with Crippen molar-refractivity contribution in [1.29, 1.82) is 0 Å². The van der Waals surface area contributed by atoms with Crippen LogP contribution in [0.15, 0.2) is 95.0 Å². The van der Waals surface area contributed by atoms with E-state index in [2.05, 4.69) is 19.9 Å². The minimum Gasteiger partial charge on any atom is -0.497 e. The van der Waals surface area contributed by atoms with E-state index in [0.29, 0.717) is 17.1 Å². The van der Waals surface area contributed by atoms with Crippen LogP contribution in [0.1, 0.15) is 29.3 Å². The van der Waals surface area contributed by atoms with Gasteiger partial charge in [0.1, 0.15) is 29.4 Å². The number of H-pyrrole nitrogens is 1. The molecule has 12 nitrogen and oxygen atoms in total. The predicted molar refractivity (Wildman–Crippen MR) is 173 cm³/mol. The highest BCUT2D eigenvalue weighted by Gasteiger charge is 2.42. The molecule has 0 spiro atoms. The Bertz CT molecular complexity index is 1810. The Labute approximate surface area is 265 Å². The van der Waals surface area contributed by atoms with Gasteiger partial charge in [0.15, 0.2) is 11.2 Å². The molecule has 0 aliphatic carbocycles. The third-order valence-corrected chi connectivity index (χ3v) is 7.98. The number of benzene rings is 3. The summed E-state index contributed by atoms with van der Waals surface area (Å²) in [5.41, 5.74) is 1.60. The Kier molecular flexibility index (Phi) is 8.84. The number of aromatic nitrogens is 4. The van der Waals surface area contributed by atoms with Crippen molar-refractivity contribution in [3.8, 4) is 11.5 Å². The fourth-order valence-corrected chi connectivity index (χ4v) is 5.67. The van der Waals surface area contributed by atoms with Gasteiger partial charge in [-0.05, 0) is 41.0 Å². The maximum atomic E-state index is 12.7. The number of ether oxygens (including phenoxy) is 4. The Morgan fingerprint density at radius 2 is 1.61 bits per heavy atom. The summed E-state index contributed by atoms with van der Waals surface area (Å²) in [6, 6.07) is 25.4. The molecule has 5 aromatic rings. The molecular weight excluding hydrogens is 588 g/mol. The van der Waals surface area contributed by atoms with Crippen LogP contribution >= 0.6 is 0 Å². The van der Waals surface area contributed by atoms with Crippen LogP contribution in [-0.4, -0.2) is 83.0 Å². The first-order chi connectivity index (χ1) is 22.3. The van der Waals surface area contributed by atoms with Crippen LogP contribution in [0.4, 0.5) is 5.95 Å². The highest BCUT2D eigenvalue weighted by Crippen LogP contribution is 2.43. The van der Waals surface area contributed by atoms with Gasteiger partial charge in [-0.1, -0.05) is 54.6 Å². The number of aliphatic imine (C=N–C) groups is 1. The number of hydrogen-bond donors (Lipinski definition) is 2. The number of hydrogen-bond acceptors (Lipinski definition) is 9. The van der Waals surface area contributed by atoms with Gasteiger partial charge in [-0.15, -0.1) is 0 Å². The van der Waals surface area contributed by atoms with E-state index in [0.717, 1.165) is 16.7 Å². The molecule has 3 heterocycles. The number of aliphatic hydroxyl groups is 1. The molecule has 3 atom stereocenters. The largest absolute Gasteiger partial charge is 0.497 e. The quantitative estimate of drug-likeness (QED) is 0.127.